The highest BCUT2D eigenvalue weighted by molar-refractivity contribution is 5.91. The van der Waals surface area contributed by atoms with Crippen molar-refractivity contribution in [1.82, 2.24) is 44.7 Å². The highest BCUT2D eigenvalue weighted by Gasteiger charge is 2.36. The van der Waals surface area contributed by atoms with Crippen molar-refractivity contribution in [2.75, 3.05) is 24.5 Å². The van der Waals surface area contributed by atoms with E-state index < -0.39 is 0 Å². The lowest BCUT2D eigenvalue weighted by atomic mass is 9.90. The van der Waals surface area contributed by atoms with Crippen LogP contribution in [0, 0.1) is 5.41 Å². The van der Waals surface area contributed by atoms with Gasteiger partial charge >= 0.3 is 0 Å². The third-order valence-electron chi connectivity index (χ3n) is 6.32. The van der Waals surface area contributed by atoms with E-state index in [-0.39, 0.29) is 16.9 Å². The standard InChI is InChI=1S/C23H30N10O/c1-22(2,3)33-13-18(28-29-33)21(34)24-14-23(4)7-9-31(15-23)20-19-6-8-25-32(19)12-17(27-20)16-10-26-30(5)11-16/h6,8,10-13H,7,9,14-15H2,1-5H3,(H,24,34). The molecule has 4 aromatic rings. The number of aromatic nitrogens is 8. The first kappa shape index (κ1) is 22.1. The summed E-state index contributed by atoms with van der Waals surface area (Å²) in [6.07, 6.45) is 10.1. The summed E-state index contributed by atoms with van der Waals surface area (Å²) in [5.74, 6) is 0.687. The highest BCUT2D eigenvalue weighted by atomic mass is 16.2. The Morgan fingerprint density at radius 3 is 2.74 bits per heavy atom. The number of nitrogens with zero attached hydrogens (tertiary/aromatic N) is 9. The predicted molar refractivity (Wildman–Crippen MR) is 127 cm³/mol. The molecule has 11 nitrogen and oxygen atoms in total. The van der Waals surface area contributed by atoms with Gasteiger partial charge in [0.05, 0.1) is 36.0 Å². The third-order valence-corrected chi connectivity index (χ3v) is 6.32. The van der Waals surface area contributed by atoms with E-state index in [0.29, 0.717) is 12.2 Å². The van der Waals surface area contributed by atoms with Crippen LogP contribution < -0.4 is 10.2 Å². The van der Waals surface area contributed by atoms with Crippen LogP contribution in [0.2, 0.25) is 0 Å². The Balaban J connectivity index is 1.32. The van der Waals surface area contributed by atoms with Crippen molar-refractivity contribution in [3.05, 3.63) is 42.7 Å². The number of hydrogen-bond acceptors (Lipinski definition) is 7. The van der Waals surface area contributed by atoms with E-state index in [9.17, 15) is 4.79 Å². The van der Waals surface area contributed by atoms with Crippen LogP contribution in [0.3, 0.4) is 0 Å². The topological polar surface area (TPSA) is 111 Å². The van der Waals surface area contributed by atoms with Crippen LogP contribution in [-0.4, -0.2) is 64.9 Å². The minimum Gasteiger partial charge on any atom is -0.354 e. The minimum atomic E-state index is -0.222. The molecule has 11 heteroatoms. The molecule has 0 saturated carbocycles. The Labute approximate surface area is 197 Å². The lowest BCUT2D eigenvalue weighted by molar-refractivity contribution is 0.0932. The molecule has 5 rings (SSSR count). The Hall–Kier alpha value is -3.76. The SMILES string of the molecule is Cn1cc(-c2cn3nccc3c(N3CCC(C)(CNC(=O)c4cn(C(C)(C)C)nn4)C3)n2)cn1. The van der Waals surface area contributed by atoms with Gasteiger partial charge in [-0.3, -0.25) is 9.48 Å². The fourth-order valence-corrected chi connectivity index (χ4v) is 4.26. The lowest BCUT2D eigenvalue weighted by Gasteiger charge is -2.25. The molecule has 0 aliphatic carbocycles. The Morgan fingerprint density at radius 2 is 2.03 bits per heavy atom. The van der Waals surface area contributed by atoms with Gasteiger partial charge in [-0.25, -0.2) is 14.2 Å². The molecule has 0 spiro atoms. The van der Waals surface area contributed by atoms with Gasteiger partial charge in [-0.15, -0.1) is 5.10 Å². The summed E-state index contributed by atoms with van der Waals surface area (Å²) in [6, 6.07) is 1.98. The molecule has 0 radical (unpaired) electrons. The number of hydrogen-bond donors (Lipinski definition) is 1. The van der Waals surface area contributed by atoms with Gasteiger partial charge in [0.15, 0.2) is 11.5 Å². The summed E-state index contributed by atoms with van der Waals surface area (Å²) in [7, 11) is 1.89. The maximum atomic E-state index is 12.7. The second kappa shape index (κ2) is 7.93. The van der Waals surface area contributed by atoms with Gasteiger partial charge in [-0.2, -0.15) is 10.2 Å². The van der Waals surface area contributed by atoms with Crippen LogP contribution in [0.5, 0.6) is 0 Å². The zero-order valence-corrected chi connectivity index (χ0v) is 20.2. The van der Waals surface area contributed by atoms with Crippen molar-refractivity contribution in [2.24, 2.45) is 12.5 Å². The highest BCUT2D eigenvalue weighted by Crippen LogP contribution is 2.34. The van der Waals surface area contributed by atoms with Gasteiger partial charge in [0.1, 0.15) is 5.52 Å². The molecule has 178 valence electrons. The molecule has 34 heavy (non-hydrogen) atoms. The monoisotopic (exact) mass is 462 g/mol. The number of amides is 1. The number of aryl methyl sites for hydroxylation is 1. The second-order valence-electron chi connectivity index (χ2n) is 10.4. The molecule has 1 amide bonds. The normalized spacial score (nSPS) is 18.7. The maximum Gasteiger partial charge on any atom is 0.273 e. The average molecular weight is 463 g/mol. The molecular formula is C23H30N10O. The first-order valence-corrected chi connectivity index (χ1v) is 11.4. The molecule has 1 atom stereocenters. The lowest BCUT2D eigenvalue weighted by Crippen LogP contribution is -2.38. The zero-order valence-electron chi connectivity index (χ0n) is 20.2. The van der Waals surface area contributed by atoms with Crippen molar-refractivity contribution in [3.63, 3.8) is 0 Å². The van der Waals surface area contributed by atoms with E-state index in [1.807, 2.05) is 50.8 Å². The van der Waals surface area contributed by atoms with Gasteiger partial charge in [-0.1, -0.05) is 12.1 Å². The fourth-order valence-electron chi connectivity index (χ4n) is 4.26. The van der Waals surface area contributed by atoms with Gasteiger partial charge in [0.2, 0.25) is 0 Å². The molecule has 1 aliphatic rings. The summed E-state index contributed by atoms with van der Waals surface area (Å²) < 4.78 is 5.33. The predicted octanol–water partition coefficient (Wildman–Crippen LogP) is 2.12. The molecule has 1 unspecified atom stereocenters. The Kier molecular flexibility index (Phi) is 5.14. The van der Waals surface area contributed by atoms with E-state index in [1.54, 1.807) is 28.0 Å². The van der Waals surface area contributed by atoms with Crippen molar-refractivity contribution < 1.29 is 4.79 Å². The average Bonchev–Trinajstić information content (AvgIpc) is 3.56. The smallest absolute Gasteiger partial charge is 0.273 e. The molecule has 0 bridgehead atoms. The first-order valence-electron chi connectivity index (χ1n) is 11.4. The summed E-state index contributed by atoms with van der Waals surface area (Å²) in [5.41, 5.74) is 2.74. The summed E-state index contributed by atoms with van der Waals surface area (Å²) in [4.78, 5) is 20.0. The van der Waals surface area contributed by atoms with Gasteiger partial charge < -0.3 is 10.2 Å². The number of carbonyl (C=O) groups excluding carboxylic acids is 1. The number of rotatable bonds is 5. The molecule has 1 aliphatic heterocycles. The van der Waals surface area contributed by atoms with E-state index in [2.05, 4.69) is 37.6 Å². The third kappa shape index (κ3) is 4.13. The van der Waals surface area contributed by atoms with Gasteiger partial charge in [0.25, 0.3) is 5.91 Å². The Morgan fingerprint density at radius 1 is 1.21 bits per heavy atom. The van der Waals surface area contributed by atoms with E-state index in [1.165, 1.54) is 0 Å². The van der Waals surface area contributed by atoms with E-state index in [4.69, 9.17) is 4.98 Å². The fraction of sp³-hybridized carbons (Fsp3) is 0.478. The quantitative estimate of drug-likeness (QED) is 0.484. The van der Waals surface area contributed by atoms with Crippen LogP contribution in [0.1, 0.15) is 44.6 Å². The molecule has 0 aromatic carbocycles. The molecule has 5 heterocycles. The van der Waals surface area contributed by atoms with Crippen LogP contribution in [0.4, 0.5) is 5.82 Å². The summed E-state index contributed by atoms with van der Waals surface area (Å²) >= 11 is 0. The number of nitrogens with one attached hydrogen (secondary N) is 1. The Bertz CT molecular complexity index is 1340. The van der Waals surface area contributed by atoms with E-state index in [0.717, 1.165) is 42.1 Å². The van der Waals surface area contributed by atoms with Crippen LogP contribution in [0.15, 0.2) is 37.1 Å². The van der Waals surface area contributed by atoms with Crippen LogP contribution >= 0.6 is 0 Å². The number of carbonyl (C=O) groups is 1. The van der Waals surface area contributed by atoms with Gasteiger partial charge in [-0.05, 0) is 33.3 Å². The zero-order chi connectivity index (χ0) is 24.1. The second-order valence-corrected chi connectivity index (χ2v) is 10.4. The minimum absolute atomic E-state index is 0.0985. The molecule has 1 saturated heterocycles. The van der Waals surface area contributed by atoms with Crippen molar-refractivity contribution in [2.45, 2.75) is 39.7 Å². The first-order chi connectivity index (χ1) is 16.1. The largest absolute Gasteiger partial charge is 0.354 e. The van der Waals surface area contributed by atoms with Crippen molar-refractivity contribution in [1.29, 1.82) is 0 Å². The molecule has 1 N–H and O–H groups in total. The number of fused-ring (bicyclic) bond motifs is 1. The summed E-state index contributed by atoms with van der Waals surface area (Å²) in [6.45, 7) is 10.4. The van der Waals surface area contributed by atoms with Crippen LogP contribution in [0.25, 0.3) is 16.8 Å². The molecule has 1 fully saturated rings. The number of anilines is 1. The maximum absolute atomic E-state index is 12.7. The van der Waals surface area contributed by atoms with E-state index >= 15 is 0 Å². The van der Waals surface area contributed by atoms with Crippen LogP contribution in [-0.2, 0) is 12.6 Å². The van der Waals surface area contributed by atoms with Crippen molar-refractivity contribution >= 4 is 17.2 Å². The molecule has 4 aromatic heterocycles. The van der Waals surface area contributed by atoms with Crippen molar-refractivity contribution in [3.8, 4) is 11.3 Å². The van der Waals surface area contributed by atoms with Gasteiger partial charge in [0, 0.05) is 43.9 Å². The molecular weight excluding hydrogens is 432 g/mol. The summed E-state index contributed by atoms with van der Waals surface area (Å²) in [5, 5.41) is 19.9.